The summed E-state index contributed by atoms with van der Waals surface area (Å²) >= 11 is 0. The van der Waals surface area contributed by atoms with E-state index in [2.05, 4.69) is 19.2 Å². The quantitative estimate of drug-likeness (QED) is 0.680. The average Bonchev–Trinajstić information content (AvgIpc) is 2.79. The van der Waals surface area contributed by atoms with Crippen LogP contribution in [0.1, 0.15) is 75.2 Å². The van der Waals surface area contributed by atoms with Crippen molar-refractivity contribution in [1.29, 1.82) is 0 Å². The molecule has 0 radical (unpaired) electrons. The third kappa shape index (κ3) is 4.47. The minimum atomic E-state index is -0.141. The SMILES string of the molecule is CCC(CC)n1cc(C(=O)NCC2CCCCC2)c2cc(OC)c(OC)cc2c1=O. The fourth-order valence-corrected chi connectivity index (χ4v) is 4.54. The number of fused-ring (bicyclic) bond motifs is 1. The van der Waals surface area contributed by atoms with E-state index in [-0.39, 0.29) is 17.5 Å². The normalized spacial score (nSPS) is 14.8. The Labute approximate surface area is 178 Å². The van der Waals surface area contributed by atoms with Crippen molar-refractivity contribution in [2.45, 2.75) is 64.8 Å². The molecule has 1 amide bonds. The number of nitrogens with zero attached hydrogens (tertiary/aromatic N) is 1. The molecule has 1 N–H and O–H groups in total. The number of amides is 1. The standard InChI is InChI=1S/C24H34N2O4/c1-5-17(6-2)26-15-20(23(27)25-14-16-10-8-7-9-11-16)18-12-21(29-3)22(30-4)13-19(18)24(26)28/h12-13,15-17H,5-11,14H2,1-4H3,(H,25,27). The van der Waals surface area contributed by atoms with Gasteiger partial charge in [-0.1, -0.05) is 33.1 Å². The Kier molecular flexibility index (Phi) is 7.40. The summed E-state index contributed by atoms with van der Waals surface area (Å²) in [5, 5.41) is 4.20. The van der Waals surface area contributed by atoms with Crippen LogP contribution in [0.2, 0.25) is 0 Å². The highest BCUT2D eigenvalue weighted by Crippen LogP contribution is 2.33. The first-order chi connectivity index (χ1) is 14.5. The van der Waals surface area contributed by atoms with Crippen LogP contribution in [0.3, 0.4) is 0 Å². The molecule has 1 aromatic heterocycles. The summed E-state index contributed by atoms with van der Waals surface area (Å²) in [6.07, 6.45) is 9.46. The van der Waals surface area contributed by atoms with Crippen LogP contribution in [0.5, 0.6) is 11.5 Å². The molecule has 0 unspecified atom stereocenters. The molecule has 6 nitrogen and oxygen atoms in total. The largest absolute Gasteiger partial charge is 0.493 e. The van der Waals surface area contributed by atoms with Gasteiger partial charge < -0.3 is 19.4 Å². The van der Waals surface area contributed by atoms with E-state index in [0.29, 0.717) is 40.3 Å². The summed E-state index contributed by atoms with van der Waals surface area (Å²) in [7, 11) is 3.10. The van der Waals surface area contributed by atoms with Crippen molar-refractivity contribution < 1.29 is 14.3 Å². The fourth-order valence-electron chi connectivity index (χ4n) is 4.54. The number of carbonyl (C=O) groups excluding carboxylic acids is 1. The van der Waals surface area contributed by atoms with Gasteiger partial charge in [0.25, 0.3) is 11.5 Å². The molecule has 2 aromatic rings. The number of pyridine rings is 1. The summed E-state index contributed by atoms with van der Waals surface area (Å²) < 4.78 is 12.5. The van der Waals surface area contributed by atoms with Crippen LogP contribution in [0, 0.1) is 5.92 Å². The minimum absolute atomic E-state index is 0.0416. The van der Waals surface area contributed by atoms with E-state index in [1.165, 1.54) is 32.1 Å². The van der Waals surface area contributed by atoms with Gasteiger partial charge in [-0.25, -0.2) is 0 Å². The van der Waals surface area contributed by atoms with E-state index in [0.717, 1.165) is 12.8 Å². The van der Waals surface area contributed by atoms with Gasteiger partial charge in [0.1, 0.15) is 0 Å². The van der Waals surface area contributed by atoms with Crippen LogP contribution in [0.4, 0.5) is 0 Å². The Morgan fingerprint density at radius 2 is 1.67 bits per heavy atom. The highest BCUT2D eigenvalue weighted by molar-refractivity contribution is 6.07. The third-order valence-electron chi connectivity index (χ3n) is 6.40. The Bertz CT molecular complexity index is 940. The van der Waals surface area contributed by atoms with Gasteiger partial charge in [-0.15, -0.1) is 0 Å². The van der Waals surface area contributed by atoms with Gasteiger partial charge in [-0.2, -0.15) is 0 Å². The number of aromatic nitrogens is 1. The van der Waals surface area contributed by atoms with Gasteiger partial charge in [0, 0.05) is 24.2 Å². The lowest BCUT2D eigenvalue weighted by atomic mass is 9.89. The van der Waals surface area contributed by atoms with Crippen LogP contribution in [0.25, 0.3) is 10.8 Å². The number of methoxy groups -OCH3 is 2. The Hall–Kier alpha value is -2.50. The highest BCUT2D eigenvalue weighted by Gasteiger charge is 2.21. The van der Waals surface area contributed by atoms with Crippen LogP contribution in [-0.2, 0) is 0 Å². The summed E-state index contributed by atoms with van der Waals surface area (Å²) in [6, 6.07) is 3.47. The van der Waals surface area contributed by atoms with Crippen molar-refractivity contribution in [2.75, 3.05) is 20.8 Å². The summed E-state index contributed by atoms with van der Waals surface area (Å²) in [4.78, 5) is 26.5. The van der Waals surface area contributed by atoms with Crippen molar-refractivity contribution in [2.24, 2.45) is 5.92 Å². The number of hydrogen-bond donors (Lipinski definition) is 1. The number of nitrogens with one attached hydrogen (secondary N) is 1. The van der Waals surface area contributed by atoms with Gasteiger partial charge >= 0.3 is 0 Å². The molecule has 1 heterocycles. The Morgan fingerprint density at radius 1 is 1.07 bits per heavy atom. The number of hydrogen-bond acceptors (Lipinski definition) is 4. The summed E-state index contributed by atoms with van der Waals surface area (Å²) in [5.74, 6) is 1.38. The zero-order valence-electron chi connectivity index (χ0n) is 18.6. The van der Waals surface area contributed by atoms with Crippen molar-refractivity contribution in [1.82, 2.24) is 9.88 Å². The molecule has 30 heavy (non-hydrogen) atoms. The van der Waals surface area contributed by atoms with Crippen LogP contribution in [0.15, 0.2) is 23.1 Å². The van der Waals surface area contributed by atoms with Crippen LogP contribution >= 0.6 is 0 Å². The predicted octanol–water partition coefficient (Wildman–Crippen LogP) is 4.69. The zero-order valence-corrected chi connectivity index (χ0v) is 18.6. The average molecular weight is 415 g/mol. The maximum absolute atomic E-state index is 13.3. The van der Waals surface area contributed by atoms with Gasteiger partial charge in [-0.05, 0) is 43.7 Å². The number of rotatable bonds is 8. The van der Waals surface area contributed by atoms with Crippen molar-refractivity contribution >= 4 is 16.7 Å². The maximum Gasteiger partial charge on any atom is 0.258 e. The maximum atomic E-state index is 13.3. The van der Waals surface area contributed by atoms with E-state index >= 15 is 0 Å². The lowest BCUT2D eigenvalue weighted by Crippen LogP contribution is -2.32. The van der Waals surface area contributed by atoms with Gasteiger partial charge in [0.15, 0.2) is 11.5 Å². The first kappa shape index (κ1) is 22.2. The molecule has 0 bridgehead atoms. The second-order valence-corrected chi connectivity index (χ2v) is 8.19. The monoisotopic (exact) mass is 414 g/mol. The Balaban J connectivity index is 2.08. The predicted molar refractivity (Wildman–Crippen MR) is 120 cm³/mol. The summed E-state index contributed by atoms with van der Waals surface area (Å²) in [5.41, 5.74) is 0.400. The zero-order chi connectivity index (χ0) is 21.7. The molecule has 0 spiro atoms. The van der Waals surface area contributed by atoms with Crippen molar-refractivity contribution in [3.8, 4) is 11.5 Å². The molecule has 0 atom stereocenters. The van der Waals surface area contributed by atoms with E-state index in [1.54, 1.807) is 37.1 Å². The molecule has 0 saturated heterocycles. The van der Waals surface area contributed by atoms with Gasteiger partial charge in [0.05, 0.1) is 25.2 Å². The molecule has 1 aliphatic rings. The fraction of sp³-hybridized carbons (Fsp3) is 0.583. The lowest BCUT2D eigenvalue weighted by molar-refractivity contribution is 0.0944. The van der Waals surface area contributed by atoms with Crippen molar-refractivity contribution in [3.05, 3.63) is 34.2 Å². The smallest absolute Gasteiger partial charge is 0.258 e. The van der Waals surface area contributed by atoms with E-state index < -0.39 is 0 Å². The third-order valence-corrected chi connectivity index (χ3v) is 6.40. The van der Waals surface area contributed by atoms with E-state index in [4.69, 9.17) is 9.47 Å². The topological polar surface area (TPSA) is 69.6 Å². The van der Waals surface area contributed by atoms with Crippen LogP contribution < -0.4 is 20.3 Å². The van der Waals surface area contributed by atoms with Gasteiger partial charge in [-0.3, -0.25) is 9.59 Å². The second-order valence-electron chi connectivity index (χ2n) is 8.19. The molecular weight excluding hydrogens is 380 g/mol. The number of benzene rings is 1. The number of ether oxygens (including phenoxy) is 2. The Morgan fingerprint density at radius 3 is 2.23 bits per heavy atom. The second kappa shape index (κ2) is 10.0. The molecule has 1 aliphatic carbocycles. The molecule has 1 aromatic carbocycles. The molecule has 164 valence electrons. The first-order valence-electron chi connectivity index (χ1n) is 11.1. The lowest BCUT2D eigenvalue weighted by Gasteiger charge is -2.23. The van der Waals surface area contributed by atoms with Gasteiger partial charge in [0.2, 0.25) is 0 Å². The summed E-state index contributed by atoms with van der Waals surface area (Å²) in [6.45, 7) is 4.79. The van der Waals surface area contributed by atoms with E-state index in [1.807, 2.05) is 0 Å². The first-order valence-corrected chi connectivity index (χ1v) is 11.1. The molecule has 3 rings (SSSR count). The molecule has 0 aliphatic heterocycles. The molecule has 1 saturated carbocycles. The number of carbonyl (C=O) groups is 1. The van der Waals surface area contributed by atoms with Crippen LogP contribution in [-0.4, -0.2) is 31.2 Å². The highest BCUT2D eigenvalue weighted by atomic mass is 16.5. The van der Waals surface area contributed by atoms with Crippen molar-refractivity contribution in [3.63, 3.8) is 0 Å². The van der Waals surface area contributed by atoms with E-state index in [9.17, 15) is 9.59 Å². The molecular formula is C24H34N2O4. The molecule has 1 fully saturated rings. The molecule has 6 heteroatoms. The minimum Gasteiger partial charge on any atom is -0.493 e.